The molecule has 0 N–H and O–H groups in total. The van der Waals surface area contributed by atoms with E-state index in [9.17, 15) is 9.59 Å². The van der Waals surface area contributed by atoms with Crippen LogP contribution < -0.4 is 4.90 Å². The number of piperidine rings is 1. The number of hydrogen-bond acceptors (Lipinski definition) is 4. The first-order valence-corrected chi connectivity index (χ1v) is 14.4. The number of rotatable bonds is 5. The van der Waals surface area contributed by atoms with E-state index in [-0.39, 0.29) is 29.2 Å². The number of likely N-dealkylation sites (tertiary alicyclic amines) is 2. The molecule has 3 aliphatic heterocycles. The van der Waals surface area contributed by atoms with Crippen LogP contribution in [0.2, 0.25) is 0 Å². The van der Waals surface area contributed by atoms with Crippen molar-refractivity contribution in [2.45, 2.75) is 70.5 Å². The molecule has 196 valence electrons. The van der Waals surface area contributed by atoms with Gasteiger partial charge < -0.3 is 9.80 Å². The maximum absolute atomic E-state index is 14.0. The molecule has 4 fully saturated rings. The molecule has 5 nitrogen and oxygen atoms in total. The van der Waals surface area contributed by atoms with Crippen molar-refractivity contribution in [3.8, 4) is 0 Å². The number of hydrogen-bond donors (Lipinski definition) is 0. The van der Waals surface area contributed by atoms with Crippen molar-refractivity contribution in [2.24, 2.45) is 23.7 Å². The van der Waals surface area contributed by atoms with Gasteiger partial charge in [0.15, 0.2) is 0 Å². The number of fused-ring (bicyclic) bond motifs is 2. The molecule has 0 radical (unpaired) electrons. The number of para-hydroxylation sites is 1. The third-order valence-electron chi connectivity index (χ3n) is 10.1. The Labute approximate surface area is 221 Å². The van der Waals surface area contributed by atoms with Gasteiger partial charge in [0.2, 0.25) is 11.8 Å². The van der Waals surface area contributed by atoms with Gasteiger partial charge in [-0.15, -0.1) is 0 Å². The van der Waals surface area contributed by atoms with E-state index < -0.39 is 0 Å². The van der Waals surface area contributed by atoms with E-state index in [1.807, 2.05) is 36.4 Å². The van der Waals surface area contributed by atoms with E-state index in [2.05, 4.69) is 47.9 Å². The summed E-state index contributed by atoms with van der Waals surface area (Å²) in [7, 11) is 0. The predicted molar refractivity (Wildman–Crippen MR) is 147 cm³/mol. The van der Waals surface area contributed by atoms with Crippen LogP contribution >= 0.6 is 0 Å². The number of anilines is 1. The van der Waals surface area contributed by atoms with E-state index in [1.54, 1.807) is 4.90 Å². The average Bonchev–Trinajstić information content (AvgIpc) is 3.38. The highest BCUT2D eigenvalue weighted by molar-refractivity contribution is 6.07. The second-order valence-electron chi connectivity index (χ2n) is 12.2. The molecule has 6 rings (SSSR count). The monoisotopic (exact) mass is 499 g/mol. The molecule has 0 bridgehead atoms. The molecular formula is C32H41N3O2. The Bertz CT molecular complexity index is 1100. The molecule has 2 atom stereocenters. The zero-order valence-electron chi connectivity index (χ0n) is 22.4. The van der Waals surface area contributed by atoms with Crippen LogP contribution in [0.3, 0.4) is 0 Å². The van der Waals surface area contributed by atoms with Crippen molar-refractivity contribution in [1.82, 2.24) is 9.80 Å². The van der Waals surface area contributed by atoms with Gasteiger partial charge in [0, 0.05) is 31.4 Å². The third-order valence-corrected chi connectivity index (χ3v) is 10.1. The molecule has 3 heterocycles. The van der Waals surface area contributed by atoms with Crippen molar-refractivity contribution in [1.29, 1.82) is 0 Å². The molecule has 0 unspecified atom stereocenters. The Morgan fingerprint density at radius 1 is 0.838 bits per heavy atom. The van der Waals surface area contributed by atoms with Gasteiger partial charge in [-0.25, -0.2) is 0 Å². The quantitative estimate of drug-likeness (QED) is 0.520. The van der Waals surface area contributed by atoms with Gasteiger partial charge in [0.1, 0.15) is 0 Å². The minimum absolute atomic E-state index is 0.0195. The van der Waals surface area contributed by atoms with E-state index in [4.69, 9.17) is 0 Å². The topological polar surface area (TPSA) is 43.9 Å². The SMILES string of the molecule is CC(C)C1CCC(N2CCC3(CC2)[C@@H]2C(=O)N(Cc4ccccc4)C(=O)[C@@H]2CN3c2ccccc2)CC1. The molecule has 4 aliphatic rings. The summed E-state index contributed by atoms with van der Waals surface area (Å²) in [5.41, 5.74) is 1.89. The van der Waals surface area contributed by atoms with Crippen LogP contribution in [-0.4, -0.2) is 52.8 Å². The van der Waals surface area contributed by atoms with Crippen molar-refractivity contribution in [3.05, 3.63) is 66.2 Å². The second-order valence-corrected chi connectivity index (χ2v) is 12.2. The van der Waals surface area contributed by atoms with E-state index >= 15 is 0 Å². The number of carbonyl (C=O) groups is 2. The normalized spacial score (nSPS) is 29.9. The van der Waals surface area contributed by atoms with Crippen LogP contribution in [-0.2, 0) is 16.1 Å². The largest absolute Gasteiger partial charge is 0.364 e. The Morgan fingerprint density at radius 2 is 1.46 bits per heavy atom. The first-order valence-electron chi connectivity index (χ1n) is 14.4. The highest BCUT2D eigenvalue weighted by Crippen LogP contribution is 2.52. The molecule has 1 aliphatic carbocycles. The first-order chi connectivity index (χ1) is 18.0. The number of benzene rings is 2. The zero-order chi connectivity index (χ0) is 25.6. The molecule has 2 aromatic carbocycles. The maximum atomic E-state index is 14.0. The molecule has 37 heavy (non-hydrogen) atoms. The van der Waals surface area contributed by atoms with Crippen molar-refractivity contribution in [2.75, 3.05) is 24.5 Å². The van der Waals surface area contributed by atoms with Gasteiger partial charge in [-0.3, -0.25) is 14.5 Å². The minimum atomic E-state index is -0.282. The predicted octanol–water partition coefficient (Wildman–Crippen LogP) is 5.36. The highest BCUT2D eigenvalue weighted by atomic mass is 16.2. The minimum Gasteiger partial charge on any atom is -0.364 e. The van der Waals surface area contributed by atoms with Crippen LogP contribution in [0.4, 0.5) is 5.69 Å². The summed E-state index contributed by atoms with van der Waals surface area (Å²) in [4.78, 5) is 34.4. The smallest absolute Gasteiger partial charge is 0.235 e. The first kappa shape index (κ1) is 24.7. The van der Waals surface area contributed by atoms with E-state index in [0.717, 1.165) is 49.0 Å². The van der Waals surface area contributed by atoms with Crippen LogP contribution in [0.1, 0.15) is 57.9 Å². The van der Waals surface area contributed by atoms with Gasteiger partial charge >= 0.3 is 0 Å². The second kappa shape index (κ2) is 9.90. The lowest BCUT2D eigenvalue weighted by molar-refractivity contribution is -0.141. The van der Waals surface area contributed by atoms with Crippen LogP contribution in [0.25, 0.3) is 0 Å². The van der Waals surface area contributed by atoms with Crippen molar-refractivity contribution >= 4 is 17.5 Å². The standard InChI is InChI=1S/C32H41N3O2/c1-23(2)25-13-15-26(16-14-25)33-19-17-32(18-20-33)29-28(22-35(32)27-11-7-4-8-12-27)30(36)34(31(29)37)21-24-9-5-3-6-10-24/h3-12,23,25-26,28-29H,13-22H2,1-2H3/t25?,26?,28-,29+/m1/s1. The molecule has 3 saturated heterocycles. The summed E-state index contributed by atoms with van der Waals surface area (Å²) >= 11 is 0. The fourth-order valence-electron chi connectivity index (χ4n) is 8.01. The fourth-order valence-corrected chi connectivity index (χ4v) is 8.01. The number of amides is 2. The summed E-state index contributed by atoms with van der Waals surface area (Å²) in [6, 6.07) is 21.1. The Morgan fingerprint density at radius 3 is 2.08 bits per heavy atom. The van der Waals surface area contributed by atoms with Gasteiger partial charge in [-0.05, 0) is 68.1 Å². The zero-order valence-corrected chi connectivity index (χ0v) is 22.4. The van der Waals surface area contributed by atoms with Crippen molar-refractivity contribution in [3.63, 3.8) is 0 Å². The lowest BCUT2D eigenvalue weighted by atomic mass is 9.73. The van der Waals surface area contributed by atoms with Gasteiger partial charge in [0.25, 0.3) is 0 Å². The average molecular weight is 500 g/mol. The summed E-state index contributed by atoms with van der Waals surface area (Å²) in [5.74, 6) is 1.22. The number of nitrogens with zero attached hydrogens (tertiary/aromatic N) is 3. The van der Waals surface area contributed by atoms with E-state index in [0.29, 0.717) is 19.1 Å². The Kier molecular flexibility index (Phi) is 6.60. The summed E-state index contributed by atoms with van der Waals surface area (Å²) in [5, 5.41) is 0. The summed E-state index contributed by atoms with van der Waals surface area (Å²) < 4.78 is 0. The lowest BCUT2D eigenvalue weighted by Crippen LogP contribution is -2.59. The Hall–Kier alpha value is -2.66. The van der Waals surface area contributed by atoms with Gasteiger partial charge in [-0.2, -0.15) is 0 Å². The number of carbonyl (C=O) groups excluding carboxylic acids is 2. The number of imide groups is 1. The molecule has 0 aromatic heterocycles. The third kappa shape index (κ3) is 4.29. The maximum Gasteiger partial charge on any atom is 0.235 e. The molecule has 5 heteroatoms. The van der Waals surface area contributed by atoms with Crippen molar-refractivity contribution < 1.29 is 9.59 Å². The Balaban J connectivity index is 1.24. The van der Waals surface area contributed by atoms with Crippen LogP contribution in [0.5, 0.6) is 0 Å². The highest BCUT2D eigenvalue weighted by Gasteiger charge is 2.65. The molecule has 1 spiro atoms. The lowest BCUT2D eigenvalue weighted by Gasteiger charge is -2.50. The van der Waals surface area contributed by atoms with Gasteiger partial charge in [0.05, 0.1) is 23.9 Å². The molecule has 1 saturated carbocycles. The van der Waals surface area contributed by atoms with Crippen LogP contribution in [0.15, 0.2) is 60.7 Å². The fraction of sp³-hybridized carbons (Fsp3) is 0.562. The summed E-state index contributed by atoms with van der Waals surface area (Å²) in [6.07, 6.45) is 7.17. The summed E-state index contributed by atoms with van der Waals surface area (Å²) in [6.45, 7) is 7.80. The van der Waals surface area contributed by atoms with Crippen LogP contribution in [0, 0.1) is 23.7 Å². The molecular weight excluding hydrogens is 458 g/mol. The van der Waals surface area contributed by atoms with Gasteiger partial charge in [-0.1, -0.05) is 62.4 Å². The molecule has 2 aromatic rings. The van der Waals surface area contributed by atoms with E-state index in [1.165, 1.54) is 25.7 Å². The molecule has 2 amide bonds.